The van der Waals surface area contributed by atoms with Crippen LogP contribution in [0.1, 0.15) is 83.0 Å². The average molecular weight is 1370 g/mol. The van der Waals surface area contributed by atoms with E-state index in [1.165, 1.54) is 24.3 Å². The Bertz CT molecular complexity index is 4240. The Labute approximate surface area is 573 Å². The van der Waals surface area contributed by atoms with E-state index in [0.29, 0.717) is 98.5 Å². The van der Waals surface area contributed by atoms with Gasteiger partial charge in [-0.1, -0.05) is 66.8 Å². The molecule has 4 aromatic carbocycles. The van der Waals surface area contributed by atoms with Gasteiger partial charge in [-0.05, 0) is 158 Å². The van der Waals surface area contributed by atoms with Gasteiger partial charge in [-0.15, -0.1) is 0 Å². The fourth-order valence-corrected chi connectivity index (χ4v) is 11.9. The lowest BCUT2D eigenvalue weighted by atomic mass is 10.1. The second kappa shape index (κ2) is 34.2. The van der Waals surface area contributed by atoms with Crippen molar-refractivity contribution in [3.05, 3.63) is 226 Å². The van der Waals surface area contributed by atoms with Crippen molar-refractivity contribution in [2.24, 2.45) is 5.92 Å². The Morgan fingerprint density at radius 1 is 0.573 bits per heavy atom. The van der Waals surface area contributed by atoms with E-state index in [2.05, 4.69) is 69.7 Å². The molecule has 2 saturated heterocycles. The summed E-state index contributed by atoms with van der Waals surface area (Å²) in [5, 5.41) is 13.5. The standard InChI is InChI=1S/C25H25ClN4O4S.C23H22ClN5O2.C23H25ClN4O2/c26-22-12-9-19(17-21(22)23-5-1-2-13-27-23)29-25(32)18-7-10-20(11-8-18)35(33,34)28-14-4-16-30-15-3-6-24(30)31;1-16(30)28-10-12-29(13-11-28)22-8-5-17(15-26-22)23(31)27-18-6-7-20(24)19(14-18)21-4-2-3-9-25-21;1-15(2)13-27-23(30-3)21-10-7-16(14-26-21)22(29)28-17-8-9-19(24)18(12-17)20-6-4-5-11-25-20/h1-2,5,7-13,17,28H,3-4,6,14-16H2,(H,29,32);2-9,14-15H,10-13H2,1H3,(H,27,31);4-12,14-15,23,27H,13H2,1-3H3,(H,28,29). The first-order chi connectivity index (χ1) is 46.3. The van der Waals surface area contributed by atoms with Gasteiger partial charge in [0, 0.05) is 143 Å². The zero-order chi connectivity index (χ0) is 68.1. The van der Waals surface area contributed by atoms with Gasteiger partial charge in [-0.25, -0.2) is 18.1 Å². The van der Waals surface area contributed by atoms with Gasteiger partial charge in [-0.2, -0.15) is 0 Å². The molecule has 11 rings (SSSR count). The quantitative estimate of drug-likeness (QED) is 0.0331. The van der Waals surface area contributed by atoms with Gasteiger partial charge in [0.1, 0.15) is 5.82 Å². The first kappa shape index (κ1) is 70.8. The molecule has 0 aliphatic carbocycles. The summed E-state index contributed by atoms with van der Waals surface area (Å²) < 4.78 is 33.1. The molecular weight excluding hydrogens is 1300 g/mol. The number of ether oxygens (including phenoxy) is 1. The lowest BCUT2D eigenvalue weighted by Crippen LogP contribution is -2.48. The van der Waals surface area contributed by atoms with Crippen LogP contribution in [0.15, 0.2) is 194 Å². The van der Waals surface area contributed by atoms with Crippen molar-refractivity contribution < 1.29 is 37.1 Å². The van der Waals surface area contributed by atoms with Crippen LogP contribution >= 0.6 is 34.8 Å². The number of halogens is 3. The van der Waals surface area contributed by atoms with Gasteiger partial charge >= 0.3 is 0 Å². The van der Waals surface area contributed by atoms with Crippen LogP contribution < -0.4 is 30.9 Å². The highest BCUT2D eigenvalue weighted by atomic mass is 35.5. The van der Waals surface area contributed by atoms with Crippen molar-refractivity contribution in [1.82, 2.24) is 44.8 Å². The van der Waals surface area contributed by atoms with Crippen LogP contribution in [0.5, 0.6) is 0 Å². The molecule has 5 N–H and O–H groups in total. The molecular formula is C71H72Cl3N13O8S. The number of carbonyl (C=O) groups is 5. The van der Waals surface area contributed by atoms with Crippen molar-refractivity contribution >= 4 is 97.2 Å². The summed E-state index contributed by atoms with van der Waals surface area (Å²) in [7, 11) is -2.09. The summed E-state index contributed by atoms with van der Waals surface area (Å²) >= 11 is 18.9. The molecule has 9 aromatic rings. The molecule has 0 bridgehead atoms. The molecule has 21 nitrogen and oxygen atoms in total. The largest absolute Gasteiger partial charge is 0.361 e. The van der Waals surface area contributed by atoms with Crippen molar-refractivity contribution in [3.8, 4) is 33.8 Å². The molecule has 5 amide bonds. The number of carbonyl (C=O) groups excluding carboxylic acids is 5. The molecule has 0 radical (unpaired) electrons. The number of nitrogens with zero attached hydrogens (tertiary/aromatic N) is 8. The number of aromatic nitrogens is 5. The van der Waals surface area contributed by atoms with Crippen LogP contribution in [-0.2, 0) is 24.3 Å². The molecule has 5 aromatic heterocycles. The van der Waals surface area contributed by atoms with Crippen LogP contribution in [0.4, 0.5) is 22.9 Å². The summed E-state index contributed by atoms with van der Waals surface area (Å²) in [5.41, 5.74) is 8.08. The van der Waals surface area contributed by atoms with Crippen molar-refractivity contribution in [2.45, 2.75) is 51.2 Å². The molecule has 2 aliphatic heterocycles. The number of amides is 5. The third kappa shape index (κ3) is 19.8. The van der Waals surface area contributed by atoms with Crippen molar-refractivity contribution in [3.63, 3.8) is 0 Å². The molecule has 7 heterocycles. The highest BCUT2D eigenvalue weighted by Gasteiger charge is 2.23. The van der Waals surface area contributed by atoms with Gasteiger partial charge in [0.25, 0.3) is 17.7 Å². The van der Waals surface area contributed by atoms with Crippen LogP contribution in [0.3, 0.4) is 0 Å². The number of methoxy groups -OCH3 is 1. The van der Waals surface area contributed by atoms with Gasteiger partial charge in [0.2, 0.25) is 21.8 Å². The maximum atomic E-state index is 12.7. The molecule has 96 heavy (non-hydrogen) atoms. The first-order valence-corrected chi connectivity index (χ1v) is 33.6. The lowest BCUT2D eigenvalue weighted by Gasteiger charge is -2.34. The molecule has 2 aliphatic rings. The molecule has 2 fully saturated rings. The normalized spacial score (nSPS) is 13.2. The van der Waals surface area contributed by atoms with Crippen LogP contribution in [-0.4, -0.2) is 132 Å². The second-order valence-corrected chi connectivity index (χ2v) is 25.6. The fraction of sp³-hybridized carbons (Fsp3) is 0.239. The Hall–Kier alpha value is -9.52. The number of nitrogens with one attached hydrogen (secondary N) is 5. The molecule has 25 heteroatoms. The van der Waals surface area contributed by atoms with E-state index in [9.17, 15) is 32.4 Å². The monoisotopic (exact) mass is 1370 g/mol. The number of likely N-dealkylation sites (tertiary alicyclic amines) is 1. The van der Waals surface area contributed by atoms with Gasteiger partial charge in [0.15, 0.2) is 6.23 Å². The number of sulfonamides is 1. The summed E-state index contributed by atoms with van der Waals surface area (Å²) in [6.07, 6.45) is 9.81. The average Bonchev–Trinajstić information content (AvgIpc) is 1.61. The maximum absolute atomic E-state index is 12.7. The van der Waals surface area contributed by atoms with E-state index in [1.54, 1.807) is 129 Å². The predicted octanol–water partition coefficient (Wildman–Crippen LogP) is 12.6. The van der Waals surface area contributed by atoms with Gasteiger partial charge in [0.05, 0.1) is 53.9 Å². The summed E-state index contributed by atoms with van der Waals surface area (Å²) in [4.78, 5) is 88.7. The van der Waals surface area contributed by atoms with E-state index in [-0.39, 0.29) is 47.2 Å². The third-order valence-electron chi connectivity index (χ3n) is 15.3. The van der Waals surface area contributed by atoms with Crippen molar-refractivity contribution in [2.75, 3.05) is 80.3 Å². The Morgan fingerprint density at radius 2 is 1.05 bits per heavy atom. The number of rotatable bonds is 21. The Kier molecular flexibility index (Phi) is 25.2. The highest BCUT2D eigenvalue weighted by Crippen LogP contribution is 2.33. The molecule has 0 saturated carbocycles. The number of hydrogen-bond donors (Lipinski definition) is 5. The minimum absolute atomic E-state index is 0.0650. The third-order valence-corrected chi connectivity index (χ3v) is 17.8. The Morgan fingerprint density at radius 3 is 1.46 bits per heavy atom. The predicted molar refractivity (Wildman–Crippen MR) is 376 cm³/mol. The second-order valence-electron chi connectivity index (χ2n) is 22.6. The summed E-state index contributed by atoms with van der Waals surface area (Å²) in [6.45, 7) is 10.9. The van der Waals surface area contributed by atoms with E-state index in [0.717, 1.165) is 66.6 Å². The molecule has 0 spiro atoms. The fourth-order valence-electron chi connectivity index (χ4n) is 10.2. The number of anilines is 4. The molecule has 1 unspecified atom stereocenters. The minimum atomic E-state index is -3.72. The van der Waals surface area contributed by atoms with E-state index in [1.807, 2.05) is 59.5 Å². The lowest BCUT2D eigenvalue weighted by molar-refractivity contribution is -0.129. The van der Waals surface area contributed by atoms with E-state index in [4.69, 9.17) is 39.5 Å². The topological polar surface area (TPSA) is 263 Å². The zero-order valence-electron chi connectivity index (χ0n) is 53.2. The van der Waals surface area contributed by atoms with Crippen LogP contribution in [0, 0.1) is 5.92 Å². The summed E-state index contributed by atoms with van der Waals surface area (Å²) in [5.74, 6) is 0.599. The number of benzene rings is 4. The maximum Gasteiger partial charge on any atom is 0.257 e. The van der Waals surface area contributed by atoms with Gasteiger partial charge < -0.3 is 35.4 Å². The van der Waals surface area contributed by atoms with Crippen LogP contribution in [0.25, 0.3) is 33.8 Å². The minimum Gasteiger partial charge on any atom is -0.361 e. The van der Waals surface area contributed by atoms with Gasteiger partial charge in [-0.3, -0.25) is 49.2 Å². The van der Waals surface area contributed by atoms with E-state index >= 15 is 0 Å². The number of pyridine rings is 5. The summed E-state index contributed by atoms with van der Waals surface area (Å²) in [6, 6.07) is 45.2. The molecule has 1 atom stereocenters. The smallest absolute Gasteiger partial charge is 0.257 e. The zero-order valence-corrected chi connectivity index (χ0v) is 56.3. The Balaban J connectivity index is 0.000000170. The molecule has 496 valence electrons. The van der Waals surface area contributed by atoms with Crippen LogP contribution in [0.2, 0.25) is 15.1 Å². The van der Waals surface area contributed by atoms with Crippen molar-refractivity contribution in [1.29, 1.82) is 0 Å². The SMILES string of the molecule is CC(=O)N1CCN(c2ccc(C(=O)Nc3ccc(Cl)c(-c4ccccn4)c3)cn2)CC1.COC(NCC(C)C)c1ccc(C(=O)Nc2ccc(Cl)c(-c3ccccn3)c2)cn1.O=C(Nc1ccc(Cl)c(-c2ccccn2)c1)c1ccc(S(=O)(=O)NCCCN2CCCC2=O)cc1. The first-order valence-electron chi connectivity index (χ1n) is 31.0. The van der Waals surface area contributed by atoms with E-state index < -0.39 is 10.0 Å². The highest BCUT2D eigenvalue weighted by molar-refractivity contribution is 7.89. The number of piperazine rings is 1. The number of hydrogen-bond acceptors (Lipinski definition) is 15.